The zero-order valence-electron chi connectivity index (χ0n) is 41.1. The van der Waals surface area contributed by atoms with Crippen LogP contribution in [0.25, 0.3) is 99.2 Å². The maximum atomic E-state index is 7.00. The third-order valence-corrected chi connectivity index (χ3v) is 17.0. The molecule has 0 fully saturated rings. The highest BCUT2D eigenvalue weighted by Crippen LogP contribution is 2.64. The normalized spacial score (nSPS) is 15.3. The molecule has 0 aliphatic heterocycles. The molecule has 0 radical (unpaired) electrons. The van der Waals surface area contributed by atoms with Crippen molar-refractivity contribution in [2.75, 3.05) is 4.90 Å². The second-order valence-electron chi connectivity index (χ2n) is 22.1. The first kappa shape index (κ1) is 40.7. The summed E-state index contributed by atoms with van der Waals surface area (Å²) in [6.45, 7) is 16.7. The van der Waals surface area contributed by atoms with E-state index in [2.05, 4.69) is 235 Å². The van der Waals surface area contributed by atoms with Crippen molar-refractivity contribution in [3.8, 4) is 44.5 Å². The number of furan rings is 2. The van der Waals surface area contributed by atoms with E-state index in [9.17, 15) is 0 Å². The molecular weight excluding hydrogens is 863 g/mol. The minimum atomic E-state index is -0.332. The second-order valence-corrected chi connectivity index (χ2v) is 22.1. The fourth-order valence-electron chi connectivity index (χ4n) is 13.7. The van der Waals surface area contributed by atoms with Crippen molar-refractivity contribution in [3.63, 3.8) is 0 Å². The molecule has 0 spiro atoms. The summed E-state index contributed by atoms with van der Waals surface area (Å²) in [5.74, 6) is 0. The van der Waals surface area contributed by atoms with Gasteiger partial charge >= 0.3 is 0 Å². The fraction of sp³-hybridized carbons (Fsp3) is 0.147. The van der Waals surface area contributed by atoms with Crippen LogP contribution in [0.4, 0.5) is 17.1 Å². The van der Waals surface area contributed by atoms with Gasteiger partial charge in [-0.3, -0.25) is 0 Å². The van der Waals surface area contributed by atoms with Gasteiger partial charge in [0.2, 0.25) is 0 Å². The molecule has 0 bridgehead atoms. The van der Waals surface area contributed by atoms with Gasteiger partial charge in [0.1, 0.15) is 22.3 Å². The van der Waals surface area contributed by atoms with Crippen LogP contribution in [0.3, 0.4) is 0 Å². The van der Waals surface area contributed by atoms with Gasteiger partial charge in [-0.05, 0) is 139 Å². The van der Waals surface area contributed by atoms with Crippen LogP contribution >= 0.6 is 0 Å². The van der Waals surface area contributed by atoms with Crippen LogP contribution in [0.5, 0.6) is 0 Å². The van der Waals surface area contributed by atoms with E-state index in [4.69, 9.17) is 8.83 Å². The van der Waals surface area contributed by atoms with Crippen LogP contribution in [0.2, 0.25) is 0 Å². The Bertz CT molecular complexity index is 4340. The number of anilines is 3. The number of para-hydroxylation sites is 2. The number of aryl methyl sites for hydroxylation is 1. The number of hydrogen-bond acceptors (Lipinski definition) is 3. The molecule has 0 amide bonds. The van der Waals surface area contributed by atoms with E-state index in [-0.39, 0.29) is 16.2 Å². The molecular formula is C68H51NO2. The molecule has 3 aliphatic carbocycles. The van der Waals surface area contributed by atoms with E-state index < -0.39 is 0 Å². The van der Waals surface area contributed by atoms with E-state index in [1.807, 2.05) is 0 Å². The highest BCUT2D eigenvalue weighted by molar-refractivity contribution is 6.21. The van der Waals surface area contributed by atoms with Crippen LogP contribution in [-0.4, -0.2) is 0 Å². The number of benzene rings is 10. The summed E-state index contributed by atoms with van der Waals surface area (Å²) >= 11 is 0. The van der Waals surface area contributed by atoms with E-state index in [0.717, 1.165) is 50.3 Å². The Morgan fingerprint density at radius 2 is 0.915 bits per heavy atom. The Kier molecular flexibility index (Phi) is 7.91. The maximum Gasteiger partial charge on any atom is 0.144 e. The minimum absolute atomic E-state index is 0.230. The quantitative estimate of drug-likeness (QED) is 0.176. The van der Waals surface area contributed by atoms with Gasteiger partial charge in [-0.1, -0.05) is 174 Å². The summed E-state index contributed by atoms with van der Waals surface area (Å²) < 4.78 is 13.9. The lowest BCUT2D eigenvalue weighted by molar-refractivity contribution is 0.600. The van der Waals surface area contributed by atoms with Crippen molar-refractivity contribution < 1.29 is 8.83 Å². The average molecular weight is 914 g/mol. The molecule has 3 aliphatic rings. The van der Waals surface area contributed by atoms with Crippen molar-refractivity contribution in [1.29, 1.82) is 0 Å². The van der Waals surface area contributed by atoms with Crippen molar-refractivity contribution in [2.45, 2.75) is 64.7 Å². The lowest BCUT2D eigenvalue weighted by Gasteiger charge is -2.32. The predicted molar refractivity (Wildman–Crippen MR) is 296 cm³/mol. The standard InChI is InChI=1S/C68H51NO2/c1-38-17-16-20-41(33-38)50-37-54-57(59-48-22-11-14-25-55(48)70-64(50)59)46-31-29-43(35-52(46)66(54,2)3)69(42-28-27-39-18-8-9-19-40(39)34-42)44-30-32-47-53(36-44)68(6,7)62-58(47)60-49-23-12-15-26-56(49)71-65(60)61-45-21-10-13-24-51(45)67(4,5)63(61)62/h8-37H,1-7H3. The molecule has 3 heteroatoms. The summed E-state index contributed by atoms with van der Waals surface area (Å²) in [6, 6.07) is 67.6. The van der Waals surface area contributed by atoms with Crippen molar-refractivity contribution >= 4 is 71.7 Å². The predicted octanol–water partition coefficient (Wildman–Crippen LogP) is 19.0. The van der Waals surface area contributed by atoms with Crippen molar-refractivity contribution in [2.24, 2.45) is 0 Å². The molecule has 3 nitrogen and oxygen atoms in total. The lowest BCUT2D eigenvalue weighted by atomic mass is 9.72. The van der Waals surface area contributed by atoms with E-state index >= 15 is 0 Å². The Hall–Kier alpha value is -8.14. The molecule has 71 heavy (non-hydrogen) atoms. The first-order valence-electron chi connectivity index (χ1n) is 25.2. The monoisotopic (exact) mass is 913 g/mol. The van der Waals surface area contributed by atoms with Crippen molar-refractivity contribution in [3.05, 3.63) is 221 Å². The second kappa shape index (κ2) is 13.8. The third-order valence-electron chi connectivity index (χ3n) is 17.0. The molecule has 2 heterocycles. The summed E-state index contributed by atoms with van der Waals surface area (Å²) in [5.41, 5.74) is 25.6. The number of hydrogen-bond donors (Lipinski definition) is 0. The molecule has 340 valence electrons. The van der Waals surface area contributed by atoms with Crippen LogP contribution < -0.4 is 4.90 Å². The molecule has 10 aromatic carbocycles. The fourth-order valence-corrected chi connectivity index (χ4v) is 13.7. The largest absolute Gasteiger partial charge is 0.455 e. The van der Waals surface area contributed by atoms with Crippen LogP contribution in [-0.2, 0) is 16.2 Å². The molecule has 2 aromatic heterocycles. The summed E-state index contributed by atoms with van der Waals surface area (Å²) in [7, 11) is 0. The Labute approximate surface area is 413 Å². The Morgan fingerprint density at radius 3 is 1.65 bits per heavy atom. The zero-order chi connectivity index (χ0) is 47.9. The Balaban J connectivity index is 0.963. The van der Waals surface area contributed by atoms with Crippen LogP contribution in [0.1, 0.15) is 80.5 Å². The summed E-state index contributed by atoms with van der Waals surface area (Å²) in [4.78, 5) is 2.50. The smallest absolute Gasteiger partial charge is 0.144 e. The van der Waals surface area contributed by atoms with Crippen LogP contribution in [0.15, 0.2) is 191 Å². The first-order valence-corrected chi connectivity index (χ1v) is 25.2. The highest BCUT2D eigenvalue weighted by atomic mass is 16.3. The highest BCUT2D eigenvalue weighted by Gasteiger charge is 2.49. The first-order chi connectivity index (χ1) is 34.4. The molecule has 0 N–H and O–H groups in total. The number of fused-ring (bicyclic) bond motifs is 20. The molecule has 0 saturated heterocycles. The van der Waals surface area contributed by atoms with Gasteiger partial charge in [-0.2, -0.15) is 0 Å². The summed E-state index contributed by atoms with van der Waals surface area (Å²) in [6.07, 6.45) is 0. The van der Waals surface area contributed by atoms with Gasteiger partial charge in [-0.15, -0.1) is 0 Å². The molecule has 15 rings (SSSR count). The average Bonchev–Trinajstić information content (AvgIpc) is 4.13. The molecule has 12 aromatic rings. The third kappa shape index (κ3) is 5.28. The van der Waals surface area contributed by atoms with Gasteiger partial charge in [0, 0.05) is 66.0 Å². The summed E-state index contributed by atoms with van der Waals surface area (Å²) in [5, 5.41) is 7.17. The Morgan fingerprint density at radius 1 is 0.366 bits per heavy atom. The van der Waals surface area contributed by atoms with Crippen LogP contribution in [0, 0.1) is 6.92 Å². The van der Waals surface area contributed by atoms with Gasteiger partial charge < -0.3 is 13.7 Å². The number of nitrogens with zero attached hydrogens (tertiary/aromatic N) is 1. The zero-order valence-corrected chi connectivity index (χ0v) is 41.1. The van der Waals surface area contributed by atoms with Gasteiger partial charge in [0.15, 0.2) is 0 Å². The van der Waals surface area contributed by atoms with Gasteiger partial charge in [0.25, 0.3) is 0 Å². The van der Waals surface area contributed by atoms with E-state index in [0.29, 0.717) is 0 Å². The SMILES string of the molecule is Cc1cccc(-c2cc3c(c4c2oc2ccccc24)-c2ccc(N(c4ccc5c(c4)C(C)(C)c4c6c(c7oc8ccccc8c7c4-5)-c4ccccc4C6(C)C)c4ccc5ccccc5c4)cc2C3(C)C)c1. The van der Waals surface area contributed by atoms with Gasteiger partial charge in [0.05, 0.1) is 0 Å². The molecule has 0 unspecified atom stereocenters. The number of rotatable bonds is 4. The van der Waals surface area contributed by atoms with Crippen molar-refractivity contribution in [1.82, 2.24) is 0 Å². The topological polar surface area (TPSA) is 29.5 Å². The molecule has 0 saturated carbocycles. The van der Waals surface area contributed by atoms with E-state index in [1.54, 1.807) is 0 Å². The van der Waals surface area contributed by atoms with Gasteiger partial charge in [-0.25, -0.2) is 0 Å². The van der Waals surface area contributed by atoms with E-state index in [1.165, 1.54) is 105 Å². The maximum absolute atomic E-state index is 7.00. The lowest BCUT2D eigenvalue weighted by Crippen LogP contribution is -2.24. The minimum Gasteiger partial charge on any atom is -0.455 e. The molecule has 0 atom stereocenters.